The molecule has 7 nitrogen and oxygen atoms in total. The fourth-order valence-electron chi connectivity index (χ4n) is 1.95. The summed E-state index contributed by atoms with van der Waals surface area (Å²) >= 11 is 0. The fourth-order valence-corrected chi connectivity index (χ4v) is 1.95. The van der Waals surface area contributed by atoms with E-state index < -0.39 is 6.09 Å². The highest BCUT2D eigenvalue weighted by Crippen LogP contribution is 2.05. The molecule has 1 aliphatic heterocycles. The summed E-state index contributed by atoms with van der Waals surface area (Å²) in [6.07, 6.45) is -0.620. The summed E-state index contributed by atoms with van der Waals surface area (Å²) in [6, 6.07) is 6.70. The number of hydrogen-bond acceptors (Lipinski definition) is 6. The summed E-state index contributed by atoms with van der Waals surface area (Å²) in [7, 11) is 0. The molecular formula is C14H20N4O3. The van der Waals surface area contributed by atoms with Crippen molar-refractivity contribution in [1.82, 2.24) is 10.2 Å². The van der Waals surface area contributed by atoms with Gasteiger partial charge in [-0.1, -0.05) is 0 Å². The molecule has 1 heterocycles. The number of alkyl carbamates (subject to hydrolysis) is 1. The third kappa shape index (κ3) is 5.05. The van der Waals surface area contributed by atoms with E-state index in [9.17, 15) is 4.79 Å². The van der Waals surface area contributed by atoms with Gasteiger partial charge in [-0.3, -0.25) is 15.6 Å². The highest BCUT2D eigenvalue weighted by Gasteiger charge is 2.12. The van der Waals surface area contributed by atoms with Crippen LogP contribution in [-0.2, 0) is 9.47 Å². The Balaban J connectivity index is 1.68. The SMILES string of the molecule is N=C(NC(=O)OCCN1CCOCC1)c1ccc(N)cc1. The predicted molar refractivity (Wildman–Crippen MR) is 79.4 cm³/mol. The number of carbonyl (C=O) groups excluding carboxylic acids is 1. The Morgan fingerprint density at radius 1 is 1.33 bits per heavy atom. The molecule has 4 N–H and O–H groups in total. The Bertz CT molecular complexity index is 483. The van der Waals surface area contributed by atoms with E-state index in [2.05, 4.69) is 10.2 Å². The highest BCUT2D eigenvalue weighted by atomic mass is 16.5. The molecule has 1 saturated heterocycles. The van der Waals surface area contributed by atoms with E-state index in [4.69, 9.17) is 20.6 Å². The molecule has 1 aromatic carbocycles. The number of nitrogens with two attached hydrogens (primary N) is 1. The Morgan fingerprint density at radius 2 is 2.00 bits per heavy atom. The number of amidine groups is 1. The number of morpholine rings is 1. The molecule has 21 heavy (non-hydrogen) atoms. The van der Waals surface area contributed by atoms with Gasteiger partial charge in [0.05, 0.1) is 13.2 Å². The highest BCUT2D eigenvalue weighted by molar-refractivity contribution is 6.04. The van der Waals surface area contributed by atoms with Gasteiger partial charge in [0.15, 0.2) is 0 Å². The van der Waals surface area contributed by atoms with E-state index in [1.807, 2.05) is 0 Å². The second kappa shape index (κ2) is 7.61. The second-order valence-corrected chi connectivity index (χ2v) is 4.71. The van der Waals surface area contributed by atoms with E-state index >= 15 is 0 Å². The van der Waals surface area contributed by atoms with Crippen molar-refractivity contribution in [2.75, 3.05) is 45.2 Å². The zero-order chi connectivity index (χ0) is 15.1. The van der Waals surface area contributed by atoms with Crippen molar-refractivity contribution >= 4 is 17.6 Å². The van der Waals surface area contributed by atoms with Crippen LogP contribution in [0.3, 0.4) is 0 Å². The van der Waals surface area contributed by atoms with Gasteiger partial charge in [0.25, 0.3) is 0 Å². The Labute approximate surface area is 123 Å². The molecule has 2 rings (SSSR count). The average Bonchev–Trinajstić information content (AvgIpc) is 2.49. The van der Waals surface area contributed by atoms with Crippen molar-refractivity contribution in [3.8, 4) is 0 Å². The van der Waals surface area contributed by atoms with Gasteiger partial charge in [-0.15, -0.1) is 0 Å². The smallest absolute Gasteiger partial charge is 0.412 e. The molecule has 114 valence electrons. The quantitative estimate of drug-likeness (QED) is 0.430. The molecule has 0 aromatic heterocycles. The Morgan fingerprint density at radius 3 is 2.67 bits per heavy atom. The standard InChI is InChI=1S/C14H20N4O3/c15-12-3-1-11(2-4-12)13(16)17-14(19)21-10-7-18-5-8-20-9-6-18/h1-4H,5-10,15H2,(H2,16,17,19). The van der Waals surface area contributed by atoms with Crippen LogP contribution in [0.4, 0.5) is 10.5 Å². The van der Waals surface area contributed by atoms with Crippen LogP contribution in [-0.4, -0.2) is 56.3 Å². The minimum atomic E-state index is -0.620. The Kier molecular flexibility index (Phi) is 5.53. The topological polar surface area (TPSA) is 101 Å². The molecule has 1 aliphatic rings. The molecule has 0 saturated carbocycles. The first-order chi connectivity index (χ1) is 10.1. The molecular weight excluding hydrogens is 272 g/mol. The summed E-state index contributed by atoms with van der Waals surface area (Å²) < 4.78 is 10.3. The van der Waals surface area contributed by atoms with Crippen LogP contribution >= 0.6 is 0 Å². The monoisotopic (exact) mass is 292 g/mol. The molecule has 0 unspecified atom stereocenters. The van der Waals surface area contributed by atoms with Crippen LogP contribution in [0.1, 0.15) is 5.56 Å². The zero-order valence-electron chi connectivity index (χ0n) is 11.8. The number of amides is 1. The lowest BCUT2D eigenvalue weighted by Gasteiger charge is -2.26. The normalized spacial score (nSPS) is 15.4. The summed E-state index contributed by atoms with van der Waals surface area (Å²) in [5.41, 5.74) is 6.76. The van der Waals surface area contributed by atoms with E-state index in [1.165, 1.54) is 0 Å². The van der Waals surface area contributed by atoms with E-state index in [1.54, 1.807) is 24.3 Å². The molecule has 1 fully saturated rings. The molecule has 0 spiro atoms. The van der Waals surface area contributed by atoms with Crippen LogP contribution in [0.15, 0.2) is 24.3 Å². The molecule has 0 radical (unpaired) electrons. The number of nitrogen functional groups attached to an aromatic ring is 1. The van der Waals surface area contributed by atoms with Gasteiger partial charge in [0, 0.05) is 30.9 Å². The maximum atomic E-state index is 11.6. The van der Waals surface area contributed by atoms with Crippen molar-refractivity contribution in [2.45, 2.75) is 0 Å². The van der Waals surface area contributed by atoms with Crippen LogP contribution in [0, 0.1) is 5.41 Å². The van der Waals surface area contributed by atoms with Crippen LogP contribution in [0.25, 0.3) is 0 Å². The average molecular weight is 292 g/mol. The summed E-state index contributed by atoms with van der Waals surface area (Å²) in [5, 5.41) is 10.2. The number of carbonyl (C=O) groups is 1. The van der Waals surface area contributed by atoms with Gasteiger partial charge >= 0.3 is 6.09 Å². The van der Waals surface area contributed by atoms with Gasteiger partial charge in [-0.05, 0) is 24.3 Å². The maximum Gasteiger partial charge on any atom is 0.412 e. The van der Waals surface area contributed by atoms with E-state index in [-0.39, 0.29) is 5.84 Å². The molecule has 0 bridgehead atoms. The molecule has 0 atom stereocenters. The summed E-state index contributed by atoms with van der Waals surface area (Å²) in [6.45, 7) is 4.10. The first-order valence-electron chi connectivity index (χ1n) is 6.83. The van der Waals surface area contributed by atoms with Crippen molar-refractivity contribution < 1.29 is 14.3 Å². The molecule has 7 heteroatoms. The lowest BCUT2D eigenvalue weighted by molar-refractivity contribution is 0.0284. The van der Waals surface area contributed by atoms with Gasteiger partial charge in [0.1, 0.15) is 12.4 Å². The summed E-state index contributed by atoms with van der Waals surface area (Å²) in [4.78, 5) is 13.8. The van der Waals surface area contributed by atoms with Gasteiger partial charge in [-0.25, -0.2) is 4.79 Å². The molecule has 1 aromatic rings. The number of ether oxygens (including phenoxy) is 2. The van der Waals surface area contributed by atoms with Crippen LogP contribution < -0.4 is 11.1 Å². The number of nitrogens with zero attached hydrogens (tertiary/aromatic N) is 1. The first-order valence-corrected chi connectivity index (χ1v) is 6.83. The van der Waals surface area contributed by atoms with Crippen LogP contribution in [0.5, 0.6) is 0 Å². The van der Waals surface area contributed by atoms with Gasteiger partial charge in [0.2, 0.25) is 0 Å². The van der Waals surface area contributed by atoms with Gasteiger partial charge < -0.3 is 15.2 Å². The number of rotatable bonds is 4. The van der Waals surface area contributed by atoms with Crippen molar-refractivity contribution in [3.63, 3.8) is 0 Å². The fraction of sp³-hybridized carbons (Fsp3) is 0.429. The lowest BCUT2D eigenvalue weighted by Crippen LogP contribution is -2.39. The summed E-state index contributed by atoms with van der Waals surface area (Å²) in [5.74, 6) is -0.00799. The molecule has 1 amide bonds. The number of anilines is 1. The minimum Gasteiger partial charge on any atom is -0.448 e. The van der Waals surface area contributed by atoms with Crippen LogP contribution in [0.2, 0.25) is 0 Å². The Hall–Kier alpha value is -2.12. The predicted octanol–water partition coefficient (Wildman–Crippen LogP) is 0.653. The maximum absolute atomic E-state index is 11.6. The number of hydrogen-bond donors (Lipinski definition) is 3. The largest absolute Gasteiger partial charge is 0.448 e. The van der Waals surface area contributed by atoms with E-state index in [0.717, 1.165) is 13.1 Å². The lowest BCUT2D eigenvalue weighted by atomic mass is 10.2. The van der Waals surface area contributed by atoms with E-state index in [0.29, 0.717) is 37.6 Å². The third-order valence-corrected chi connectivity index (χ3v) is 3.17. The second-order valence-electron chi connectivity index (χ2n) is 4.71. The number of benzene rings is 1. The van der Waals surface area contributed by atoms with Crippen molar-refractivity contribution in [3.05, 3.63) is 29.8 Å². The van der Waals surface area contributed by atoms with Crippen molar-refractivity contribution in [2.24, 2.45) is 0 Å². The first kappa shape index (κ1) is 15.3. The zero-order valence-corrected chi connectivity index (χ0v) is 11.8. The third-order valence-electron chi connectivity index (χ3n) is 3.17. The number of nitrogens with one attached hydrogen (secondary N) is 2. The van der Waals surface area contributed by atoms with Crippen molar-refractivity contribution in [1.29, 1.82) is 5.41 Å². The van der Waals surface area contributed by atoms with Gasteiger partial charge in [-0.2, -0.15) is 0 Å². The molecule has 0 aliphatic carbocycles. The minimum absolute atomic E-state index is 0.00799.